The monoisotopic (exact) mass is 324 g/mol. The molecular weight excluding hydrogens is 308 g/mol. The lowest BCUT2D eigenvalue weighted by Gasteiger charge is -2.13. The molecule has 0 bridgehead atoms. The molecule has 2 aromatic heterocycles. The summed E-state index contributed by atoms with van der Waals surface area (Å²) in [7, 11) is 3.01. The number of ether oxygens (including phenoxy) is 1. The summed E-state index contributed by atoms with van der Waals surface area (Å²) in [4.78, 5) is 31.1. The van der Waals surface area contributed by atoms with Crippen LogP contribution in [0.15, 0.2) is 41.5 Å². The van der Waals surface area contributed by atoms with Gasteiger partial charge in [0.2, 0.25) is 0 Å². The summed E-state index contributed by atoms with van der Waals surface area (Å²) in [5.74, 6) is 0.0901. The Morgan fingerprint density at radius 3 is 2.79 bits per heavy atom. The van der Waals surface area contributed by atoms with Gasteiger partial charge in [-0.3, -0.25) is 14.6 Å². The molecule has 0 radical (unpaired) electrons. The molecule has 122 valence electrons. The van der Waals surface area contributed by atoms with Crippen molar-refractivity contribution in [2.45, 2.75) is 0 Å². The first-order valence-corrected chi connectivity index (χ1v) is 7.23. The number of pyridine rings is 2. The van der Waals surface area contributed by atoms with Crippen molar-refractivity contribution in [2.24, 2.45) is 0 Å². The Kier molecular flexibility index (Phi) is 3.91. The van der Waals surface area contributed by atoms with Crippen LogP contribution in [0.1, 0.15) is 10.4 Å². The Bertz CT molecular complexity index is 995. The summed E-state index contributed by atoms with van der Waals surface area (Å²) in [5.41, 5.74) is 7.53. The van der Waals surface area contributed by atoms with Crippen molar-refractivity contribution in [3.8, 4) is 16.9 Å². The van der Waals surface area contributed by atoms with Crippen LogP contribution in [-0.2, 0) is 0 Å². The number of rotatable bonds is 3. The van der Waals surface area contributed by atoms with Crippen molar-refractivity contribution in [1.29, 1.82) is 0 Å². The molecule has 7 nitrogen and oxygen atoms in total. The zero-order valence-corrected chi connectivity index (χ0v) is 13.2. The zero-order chi connectivity index (χ0) is 17.3. The lowest BCUT2D eigenvalue weighted by molar-refractivity contribution is 0.0962. The van der Waals surface area contributed by atoms with E-state index in [1.807, 2.05) is 6.07 Å². The number of carbonyl (C=O) groups is 1. The van der Waals surface area contributed by atoms with E-state index < -0.39 is 11.5 Å². The molecule has 0 aliphatic carbocycles. The van der Waals surface area contributed by atoms with Crippen LogP contribution in [0.3, 0.4) is 0 Å². The lowest BCUT2D eigenvalue weighted by atomic mass is 10.0. The first-order valence-electron chi connectivity index (χ1n) is 7.23. The average Bonchev–Trinajstić information content (AvgIpc) is 2.61. The maximum absolute atomic E-state index is 12.3. The number of fused-ring (bicyclic) bond motifs is 1. The predicted molar refractivity (Wildman–Crippen MR) is 92.2 cm³/mol. The largest absolute Gasteiger partial charge is 0.496 e. The topological polar surface area (TPSA) is 110 Å². The van der Waals surface area contributed by atoms with Gasteiger partial charge in [-0.05, 0) is 6.07 Å². The van der Waals surface area contributed by atoms with Crippen LogP contribution in [0.5, 0.6) is 5.75 Å². The summed E-state index contributed by atoms with van der Waals surface area (Å²) < 4.78 is 5.36. The number of anilines is 1. The van der Waals surface area contributed by atoms with E-state index >= 15 is 0 Å². The van der Waals surface area contributed by atoms with Crippen molar-refractivity contribution >= 4 is 22.5 Å². The number of nitrogens with one attached hydrogen (secondary N) is 2. The Hall–Kier alpha value is -3.35. The summed E-state index contributed by atoms with van der Waals surface area (Å²) in [6, 6.07) is 7.11. The van der Waals surface area contributed by atoms with Gasteiger partial charge in [-0.25, -0.2) is 0 Å². The molecule has 3 aromatic rings. The summed E-state index contributed by atoms with van der Waals surface area (Å²) in [6.45, 7) is 0. The Labute approximate surface area is 137 Å². The van der Waals surface area contributed by atoms with Gasteiger partial charge in [0.1, 0.15) is 11.3 Å². The number of methoxy groups -OCH3 is 1. The van der Waals surface area contributed by atoms with Crippen molar-refractivity contribution < 1.29 is 9.53 Å². The minimum atomic E-state index is -0.547. The van der Waals surface area contributed by atoms with Crippen molar-refractivity contribution in [3.05, 3.63) is 52.6 Å². The first-order chi connectivity index (χ1) is 11.6. The summed E-state index contributed by atoms with van der Waals surface area (Å²) >= 11 is 0. The highest BCUT2D eigenvalue weighted by molar-refractivity contribution is 6.09. The molecule has 0 saturated heterocycles. The standard InChI is InChI=1S/C17H16N4O3/c1-19-16(22)13-14(18)10-5-3-4-9(15(10)21-17(13)23)11-8-20-7-6-12(11)24-2/h3-8H,1-2H3,(H,19,22)(H3,18,21,23). The molecule has 0 spiro atoms. The molecule has 7 heteroatoms. The van der Waals surface area contributed by atoms with E-state index in [1.165, 1.54) is 7.05 Å². The number of aromatic amines is 1. The number of amides is 1. The van der Waals surface area contributed by atoms with Crippen LogP contribution >= 0.6 is 0 Å². The van der Waals surface area contributed by atoms with Gasteiger partial charge in [-0.15, -0.1) is 0 Å². The highest BCUT2D eigenvalue weighted by Gasteiger charge is 2.19. The Morgan fingerprint density at radius 1 is 1.29 bits per heavy atom. The number of aromatic nitrogens is 2. The second-order valence-corrected chi connectivity index (χ2v) is 5.13. The minimum absolute atomic E-state index is 0.0969. The third kappa shape index (κ3) is 2.36. The number of hydrogen-bond donors (Lipinski definition) is 3. The molecule has 2 heterocycles. The molecule has 4 N–H and O–H groups in total. The number of H-pyrrole nitrogens is 1. The highest BCUT2D eigenvalue weighted by atomic mass is 16.5. The SMILES string of the molecule is CNC(=O)c1c(N)c2cccc(-c3cnccc3OC)c2[nH]c1=O. The molecule has 1 amide bonds. The molecule has 0 aliphatic heterocycles. The molecule has 0 unspecified atom stereocenters. The van der Waals surface area contributed by atoms with Gasteiger partial charge in [-0.1, -0.05) is 18.2 Å². The maximum Gasteiger partial charge on any atom is 0.263 e. The average molecular weight is 324 g/mol. The van der Waals surface area contributed by atoms with Crippen LogP contribution in [0.25, 0.3) is 22.0 Å². The zero-order valence-electron chi connectivity index (χ0n) is 13.2. The van der Waals surface area contributed by atoms with E-state index in [4.69, 9.17) is 10.5 Å². The third-order valence-electron chi connectivity index (χ3n) is 3.83. The molecule has 3 rings (SSSR count). The van der Waals surface area contributed by atoms with Crippen LogP contribution in [0.2, 0.25) is 0 Å². The van der Waals surface area contributed by atoms with E-state index in [2.05, 4.69) is 15.3 Å². The van der Waals surface area contributed by atoms with E-state index in [-0.39, 0.29) is 11.3 Å². The van der Waals surface area contributed by atoms with Gasteiger partial charge < -0.3 is 20.8 Å². The van der Waals surface area contributed by atoms with Crippen LogP contribution in [0.4, 0.5) is 5.69 Å². The summed E-state index contributed by atoms with van der Waals surface area (Å²) in [5, 5.41) is 3.00. The highest BCUT2D eigenvalue weighted by Crippen LogP contribution is 2.34. The quantitative estimate of drug-likeness (QED) is 0.677. The minimum Gasteiger partial charge on any atom is -0.496 e. The molecule has 0 aliphatic rings. The van der Waals surface area contributed by atoms with Gasteiger partial charge in [0.25, 0.3) is 11.5 Å². The van der Waals surface area contributed by atoms with Crippen LogP contribution < -0.4 is 21.3 Å². The van der Waals surface area contributed by atoms with Gasteiger partial charge in [0, 0.05) is 36.0 Å². The molecule has 0 fully saturated rings. The third-order valence-corrected chi connectivity index (χ3v) is 3.83. The second kappa shape index (κ2) is 6.04. The number of carbonyl (C=O) groups excluding carboxylic acids is 1. The van der Waals surface area contributed by atoms with Gasteiger partial charge in [0.15, 0.2) is 0 Å². The molecule has 0 saturated carbocycles. The fraction of sp³-hybridized carbons (Fsp3) is 0.118. The van der Waals surface area contributed by atoms with Crippen LogP contribution in [0, 0.1) is 0 Å². The fourth-order valence-electron chi connectivity index (χ4n) is 2.68. The number of para-hydroxylation sites is 1. The van der Waals surface area contributed by atoms with Crippen molar-refractivity contribution in [2.75, 3.05) is 19.9 Å². The van der Waals surface area contributed by atoms with E-state index in [0.717, 1.165) is 0 Å². The van der Waals surface area contributed by atoms with E-state index in [9.17, 15) is 9.59 Å². The fourth-order valence-corrected chi connectivity index (χ4v) is 2.68. The normalized spacial score (nSPS) is 10.6. The smallest absolute Gasteiger partial charge is 0.263 e. The molecule has 1 aromatic carbocycles. The van der Waals surface area contributed by atoms with E-state index in [1.54, 1.807) is 37.7 Å². The Balaban J connectivity index is 2.37. The number of benzene rings is 1. The second-order valence-electron chi connectivity index (χ2n) is 5.13. The lowest BCUT2D eigenvalue weighted by Crippen LogP contribution is -2.28. The molecule has 24 heavy (non-hydrogen) atoms. The maximum atomic E-state index is 12.3. The molecule has 0 atom stereocenters. The van der Waals surface area contributed by atoms with Crippen molar-refractivity contribution in [3.63, 3.8) is 0 Å². The van der Waals surface area contributed by atoms with Gasteiger partial charge >= 0.3 is 0 Å². The Morgan fingerprint density at radius 2 is 2.08 bits per heavy atom. The van der Waals surface area contributed by atoms with Gasteiger partial charge in [0.05, 0.1) is 18.3 Å². The summed E-state index contributed by atoms with van der Waals surface area (Å²) in [6.07, 6.45) is 3.27. The first kappa shape index (κ1) is 15.5. The number of nitrogens with two attached hydrogens (primary N) is 1. The van der Waals surface area contributed by atoms with Gasteiger partial charge in [-0.2, -0.15) is 0 Å². The predicted octanol–water partition coefficient (Wildman–Crippen LogP) is 1.54. The van der Waals surface area contributed by atoms with Crippen molar-refractivity contribution in [1.82, 2.24) is 15.3 Å². The number of nitrogens with zero attached hydrogens (tertiary/aromatic N) is 1. The van der Waals surface area contributed by atoms with Crippen LogP contribution in [-0.4, -0.2) is 30.0 Å². The number of hydrogen-bond acceptors (Lipinski definition) is 5. The molecular formula is C17H16N4O3. The number of nitrogen functional groups attached to an aromatic ring is 1. The van der Waals surface area contributed by atoms with E-state index in [0.29, 0.717) is 27.8 Å².